The summed E-state index contributed by atoms with van der Waals surface area (Å²) in [5, 5.41) is 1.06. The molecule has 0 spiro atoms. The summed E-state index contributed by atoms with van der Waals surface area (Å²) in [6.45, 7) is 8.95. The summed E-state index contributed by atoms with van der Waals surface area (Å²) in [5.74, 6) is 1.70. The van der Waals surface area contributed by atoms with Gasteiger partial charge in [0.1, 0.15) is 17.1 Å². The van der Waals surface area contributed by atoms with Crippen LogP contribution in [0.1, 0.15) is 36.1 Å². The number of ether oxygens (including phenoxy) is 1. The van der Waals surface area contributed by atoms with Gasteiger partial charge in [0.15, 0.2) is 0 Å². The standard InChI is InChI=1S/C32H29N3O/c1-20-16-17-33-29(18-20)35-26-10-6-8-21(2)30(26)32(3,4)24-14-12-23(19-27(24)35)25-15-13-22-9-7-11-28(36-5)31(22)34-25/h6-19H,1-5H3. The van der Waals surface area contributed by atoms with Crippen molar-refractivity contribution in [3.8, 4) is 17.0 Å². The molecular weight excluding hydrogens is 442 g/mol. The second-order valence-electron chi connectivity index (χ2n) is 10.1. The molecule has 0 bridgehead atoms. The predicted octanol–water partition coefficient (Wildman–Crippen LogP) is 8.03. The van der Waals surface area contributed by atoms with E-state index in [1.807, 2.05) is 24.4 Å². The molecule has 0 radical (unpaired) electrons. The molecule has 0 N–H and O–H groups in total. The molecule has 5 aromatic rings. The first-order valence-electron chi connectivity index (χ1n) is 12.3. The van der Waals surface area contributed by atoms with E-state index < -0.39 is 0 Å². The number of hydrogen-bond donors (Lipinski definition) is 0. The van der Waals surface area contributed by atoms with Crippen LogP contribution in [0.25, 0.3) is 22.2 Å². The number of nitrogens with zero attached hydrogens (tertiary/aromatic N) is 3. The van der Waals surface area contributed by atoms with E-state index in [4.69, 9.17) is 14.7 Å². The van der Waals surface area contributed by atoms with Gasteiger partial charge in [-0.2, -0.15) is 0 Å². The Bertz CT molecular complexity index is 1640. The SMILES string of the molecule is COc1cccc2ccc(-c3ccc4c(c3)N(c3cc(C)ccn3)c3cccc(C)c3C4(C)C)nc12. The van der Waals surface area contributed by atoms with Gasteiger partial charge in [-0.25, -0.2) is 9.97 Å². The Morgan fingerprint density at radius 3 is 2.47 bits per heavy atom. The van der Waals surface area contributed by atoms with Gasteiger partial charge in [-0.1, -0.05) is 56.3 Å². The topological polar surface area (TPSA) is 38.2 Å². The fraction of sp³-hybridized carbons (Fsp3) is 0.188. The van der Waals surface area contributed by atoms with Gasteiger partial charge < -0.3 is 4.74 Å². The number of anilines is 3. The lowest BCUT2D eigenvalue weighted by atomic mass is 9.71. The van der Waals surface area contributed by atoms with E-state index in [-0.39, 0.29) is 5.41 Å². The molecule has 0 unspecified atom stereocenters. The first-order chi connectivity index (χ1) is 17.4. The monoisotopic (exact) mass is 471 g/mol. The molecule has 3 heterocycles. The maximum Gasteiger partial charge on any atom is 0.145 e. The highest BCUT2D eigenvalue weighted by molar-refractivity contribution is 5.90. The highest BCUT2D eigenvalue weighted by Gasteiger charge is 2.38. The normalized spacial score (nSPS) is 13.9. The highest BCUT2D eigenvalue weighted by Crippen LogP contribution is 2.53. The summed E-state index contributed by atoms with van der Waals surface area (Å²) in [7, 11) is 1.69. The van der Waals surface area contributed by atoms with Crippen molar-refractivity contribution in [3.63, 3.8) is 0 Å². The number of pyridine rings is 2. The van der Waals surface area contributed by atoms with Crippen LogP contribution >= 0.6 is 0 Å². The molecule has 6 rings (SSSR count). The summed E-state index contributed by atoms with van der Waals surface area (Å²) in [5.41, 5.74) is 10.1. The summed E-state index contributed by atoms with van der Waals surface area (Å²) in [4.78, 5) is 12.1. The number of rotatable bonds is 3. The van der Waals surface area contributed by atoms with Crippen molar-refractivity contribution >= 4 is 28.1 Å². The summed E-state index contributed by atoms with van der Waals surface area (Å²) in [6.07, 6.45) is 1.89. The van der Waals surface area contributed by atoms with Crippen LogP contribution in [0.15, 0.2) is 85.1 Å². The van der Waals surface area contributed by atoms with E-state index in [0.29, 0.717) is 0 Å². The predicted molar refractivity (Wildman–Crippen MR) is 148 cm³/mol. The lowest BCUT2D eigenvalue weighted by Crippen LogP contribution is -2.32. The van der Waals surface area contributed by atoms with E-state index in [1.165, 1.54) is 27.9 Å². The van der Waals surface area contributed by atoms with Gasteiger partial charge in [0.2, 0.25) is 0 Å². The van der Waals surface area contributed by atoms with Crippen LogP contribution < -0.4 is 9.64 Å². The maximum atomic E-state index is 5.59. The zero-order valence-corrected chi connectivity index (χ0v) is 21.3. The Kier molecular flexibility index (Phi) is 5.08. The van der Waals surface area contributed by atoms with Gasteiger partial charge in [0.05, 0.1) is 24.2 Å². The third kappa shape index (κ3) is 3.36. The molecule has 0 saturated carbocycles. The second kappa shape index (κ2) is 8.20. The summed E-state index contributed by atoms with van der Waals surface area (Å²) in [6, 6.07) is 27.7. The van der Waals surface area contributed by atoms with Crippen LogP contribution in [0.2, 0.25) is 0 Å². The Labute approximate surface area is 212 Å². The Morgan fingerprint density at radius 1 is 0.833 bits per heavy atom. The summed E-state index contributed by atoms with van der Waals surface area (Å²) >= 11 is 0. The third-order valence-corrected chi connectivity index (χ3v) is 7.36. The van der Waals surface area contributed by atoms with Gasteiger partial charge in [0, 0.05) is 22.6 Å². The average molecular weight is 472 g/mol. The fourth-order valence-electron chi connectivity index (χ4n) is 5.66. The van der Waals surface area contributed by atoms with Crippen molar-refractivity contribution in [2.24, 2.45) is 0 Å². The number of aryl methyl sites for hydroxylation is 2. The largest absolute Gasteiger partial charge is 0.494 e. The first-order valence-corrected chi connectivity index (χ1v) is 12.3. The second-order valence-corrected chi connectivity index (χ2v) is 10.1. The molecule has 0 amide bonds. The minimum Gasteiger partial charge on any atom is -0.494 e. The van der Waals surface area contributed by atoms with E-state index in [0.717, 1.165) is 39.4 Å². The van der Waals surface area contributed by atoms with Crippen LogP contribution in [-0.4, -0.2) is 17.1 Å². The Morgan fingerprint density at radius 2 is 1.67 bits per heavy atom. The smallest absolute Gasteiger partial charge is 0.145 e. The molecule has 0 aliphatic carbocycles. The number of aromatic nitrogens is 2. The lowest BCUT2D eigenvalue weighted by molar-refractivity contribution is 0.419. The fourth-order valence-corrected chi connectivity index (χ4v) is 5.66. The molecule has 1 aliphatic heterocycles. The number of benzene rings is 3. The van der Waals surface area contributed by atoms with E-state index >= 15 is 0 Å². The van der Waals surface area contributed by atoms with Crippen molar-refractivity contribution in [1.82, 2.24) is 9.97 Å². The molecule has 0 fully saturated rings. The highest BCUT2D eigenvalue weighted by atomic mass is 16.5. The van der Waals surface area contributed by atoms with Gasteiger partial charge in [0.25, 0.3) is 0 Å². The molecule has 0 atom stereocenters. The molecule has 178 valence electrons. The van der Waals surface area contributed by atoms with Crippen molar-refractivity contribution in [2.45, 2.75) is 33.1 Å². The van der Waals surface area contributed by atoms with Gasteiger partial charge in [-0.15, -0.1) is 0 Å². The molecule has 0 saturated heterocycles. The van der Waals surface area contributed by atoms with E-state index in [2.05, 4.69) is 93.3 Å². The molecule has 2 aromatic heterocycles. The Hall–Kier alpha value is -4.18. The van der Waals surface area contributed by atoms with Crippen LogP contribution in [0, 0.1) is 13.8 Å². The summed E-state index contributed by atoms with van der Waals surface area (Å²) < 4.78 is 5.59. The first kappa shape index (κ1) is 22.3. The van der Waals surface area contributed by atoms with Crippen molar-refractivity contribution in [1.29, 1.82) is 0 Å². The van der Waals surface area contributed by atoms with Crippen molar-refractivity contribution in [3.05, 3.63) is 107 Å². The number of methoxy groups -OCH3 is 1. The van der Waals surface area contributed by atoms with Crippen LogP contribution in [-0.2, 0) is 5.41 Å². The third-order valence-electron chi connectivity index (χ3n) is 7.36. The minimum atomic E-state index is -0.158. The van der Waals surface area contributed by atoms with Crippen molar-refractivity contribution in [2.75, 3.05) is 12.0 Å². The lowest BCUT2D eigenvalue weighted by Gasteiger charge is -2.42. The molecular formula is C32H29N3O. The number of para-hydroxylation sites is 1. The molecule has 3 aromatic carbocycles. The number of hydrogen-bond acceptors (Lipinski definition) is 4. The molecule has 4 nitrogen and oxygen atoms in total. The Balaban J connectivity index is 1.60. The van der Waals surface area contributed by atoms with Gasteiger partial charge in [-0.3, -0.25) is 4.90 Å². The van der Waals surface area contributed by atoms with Crippen LogP contribution in [0.5, 0.6) is 5.75 Å². The molecule has 1 aliphatic rings. The average Bonchev–Trinajstić information content (AvgIpc) is 2.87. The maximum absolute atomic E-state index is 5.59. The number of fused-ring (bicyclic) bond motifs is 3. The van der Waals surface area contributed by atoms with E-state index in [9.17, 15) is 0 Å². The zero-order chi connectivity index (χ0) is 25.0. The van der Waals surface area contributed by atoms with E-state index in [1.54, 1.807) is 7.11 Å². The van der Waals surface area contributed by atoms with Crippen molar-refractivity contribution < 1.29 is 4.74 Å². The van der Waals surface area contributed by atoms with Crippen LogP contribution in [0.3, 0.4) is 0 Å². The quantitative estimate of drug-likeness (QED) is 0.267. The minimum absolute atomic E-state index is 0.158. The van der Waals surface area contributed by atoms with Gasteiger partial charge >= 0.3 is 0 Å². The zero-order valence-electron chi connectivity index (χ0n) is 21.3. The molecule has 36 heavy (non-hydrogen) atoms. The molecule has 4 heteroatoms. The van der Waals surface area contributed by atoms with Crippen LogP contribution in [0.4, 0.5) is 17.2 Å². The van der Waals surface area contributed by atoms with Gasteiger partial charge in [-0.05, 0) is 72.5 Å².